The maximum Gasteiger partial charge on any atom is 0.0967 e. The van der Waals surface area contributed by atoms with Gasteiger partial charge in [0, 0.05) is 45.0 Å². The standard InChI is InChI=1S/C12H21N5/c1-12(10-3-4-10)9-17(6-5-13-12)8-11-7-16(2)15-14-11/h7,10,13H,3-6,8-9H2,1-2H3. The van der Waals surface area contributed by atoms with Crippen molar-refractivity contribution >= 4 is 0 Å². The van der Waals surface area contributed by atoms with Gasteiger partial charge >= 0.3 is 0 Å². The SMILES string of the molecule is Cn1cc(CN2CCNC(C)(C3CC3)C2)nn1. The van der Waals surface area contributed by atoms with E-state index >= 15 is 0 Å². The Morgan fingerprint density at radius 3 is 3.00 bits per heavy atom. The molecule has 2 heterocycles. The van der Waals surface area contributed by atoms with E-state index in [4.69, 9.17) is 0 Å². The minimum atomic E-state index is 0.320. The number of rotatable bonds is 3. The number of hydrogen-bond donors (Lipinski definition) is 1. The maximum absolute atomic E-state index is 4.17. The van der Waals surface area contributed by atoms with Gasteiger partial charge in [-0.05, 0) is 25.7 Å². The summed E-state index contributed by atoms with van der Waals surface area (Å²) in [6.45, 7) is 6.63. The first-order valence-corrected chi connectivity index (χ1v) is 6.48. The zero-order valence-electron chi connectivity index (χ0n) is 10.7. The van der Waals surface area contributed by atoms with Gasteiger partial charge in [-0.15, -0.1) is 5.10 Å². The van der Waals surface area contributed by atoms with Crippen LogP contribution in [0.3, 0.4) is 0 Å². The second-order valence-electron chi connectivity index (χ2n) is 5.71. The Morgan fingerprint density at radius 2 is 2.35 bits per heavy atom. The molecule has 94 valence electrons. The van der Waals surface area contributed by atoms with Crippen molar-refractivity contribution in [2.75, 3.05) is 19.6 Å². The van der Waals surface area contributed by atoms with Crippen molar-refractivity contribution in [3.05, 3.63) is 11.9 Å². The smallest absolute Gasteiger partial charge is 0.0967 e. The largest absolute Gasteiger partial charge is 0.309 e. The third-order valence-electron chi connectivity index (χ3n) is 4.02. The lowest BCUT2D eigenvalue weighted by Crippen LogP contribution is -2.59. The molecule has 1 saturated carbocycles. The summed E-state index contributed by atoms with van der Waals surface area (Å²) in [7, 11) is 1.92. The third kappa shape index (κ3) is 2.35. The molecule has 3 rings (SSSR count). The first kappa shape index (κ1) is 11.2. The predicted octanol–water partition coefficient (Wildman–Crippen LogP) is 0.389. The van der Waals surface area contributed by atoms with E-state index in [1.54, 1.807) is 4.68 Å². The van der Waals surface area contributed by atoms with Crippen molar-refractivity contribution in [1.82, 2.24) is 25.2 Å². The van der Waals surface area contributed by atoms with Crippen LogP contribution in [0, 0.1) is 5.92 Å². The second kappa shape index (κ2) is 4.07. The second-order valence-corrected chi connectivity index (χ2v) is 5.71. The maximum atomic E-state index is 4.17. The summed E-state index contributed by atoms with van der Waals surface area (Å²) >= 11 is 0. The molecule has 0 bridgehead atoms. The number of piperazine rings is 1. The quantitative estimate of drug-likeness (QED) is 0.823. The van der Waals surface area contributed by atoms with E-state index in [9.17, 15) is 0 Å². The summed E-state index contributed by atoms with van der Waals surface area (Å²) in [6, 6.07) is 0. The molecule has 17 heavy (non-hydrogen) atoms. The van der Waals surface area contributed by atoms with Crippen LogP contribution in [0.2, 0.25) is 0 Å². The highest BCUT2D eigenvalue weighted by molar-refractivity contribution is 5.03. The predicted molar refractivity (Wildman–Crippen MR) is 65.4 cm³/mol. The Morgan fingerprint density at radius 1 is 1.53 bits per heavy atom. The van der Waals surface area contributed by atoms with Crippen LogP contribution in [0.15, 0.2) is 6.20 Å². The number of nitrogens with zero attached hydrogens (tertiary/aromatic N) is 4. The molecule has 1 aliphatic heterocycles. The van der Waals surface area contributed by atoms with Gasteiger partial charge in [-0.3, -0.25) is 9.58 Å². The van der Waals surface area contributed by atoms with E-state index < -0.39 is 0 Å². The molecule has 1 saturated heterocycles. The molecule has 2 aliphatic rings. The van der Waals surface area contributed by atoms with Crippen LogP contribution in [-0.2, 0) is 13.6 Å². The summed E-state index contributed by atoms with van der Waals surface area (Å²) in [6.07, 6.45) is 4.79. The molecule has 1 aliphatic carbocycles. The third-order valence-corrected chi connectivity index (χ3v) is 4.02. The van der Waals surface area contributed by atoms with Crippen LogP contribution in [0.1, 0.15) is 25.5 Å². The minimum absolute atomic E-state index is 0.320. The normalized spacial score (nSPS) is 30.7. The molecule has 2 fully saturated rings. The van der Waals surface area contributed by atoms with E-state index in [-0.39, 0.29) is 0 Å². The van der Waals surface area contributed by atoms with Gasteiger partial charge in [-0.25, -0.2) is 0 Å². The Kier molecular flexibility index (Phi) is 2.67. The van der Waals surface area contributed by atoms with Crippen molar-refractivity contribution < 1.29 is 0 Å². The van der Waals surface area contributed by atoms with Gasteiger partial charge in [0.25, 0.3) is 0 Å². The van der Waals surface area contributed by atoms with Crippen LogP contribution in [-0.4, -0.2) is 45.1 Å². The molecule has 1 unspecified atom stereocenters. The number of nitrogens with one attached hydrogen (secondary N) is 1. The molecular weight excluding hydrogens is 214 g/mol. The summed E-state index contributed by atoms with van der Waals surface area (Å²) in [5.74, 6) is 0.882. The minimum Gasteiger partial charge on any atom is -0.309 e. The zero-order chi connectivity index (χ0) is 11.9. The van der Waals surface area contributed by atoms with Gasteiger partial charge < -0.3 is 5.32 Å². The van der Waals surface area contributed by atoms with Gasteiger partial charge in [0.05, 0.1) is 5.69 Å². The lowest BCUT2D eigenvalue weighted by atomic mass is 9.93. The highest BCUT2D eigenvalue weighted by Crippen LogP contribution is 2.40. The van der Waals surface area contributed by atoms with E-state index in [1.165, 1.54) is 12.8 Å². The van der Waals surface area contributed by atoms with Crippen molar-refractivity contribution in [3.8, 4) is 0 Å². The van der Waals surface area contributed by atoms with Crippen LogP contribution in [0.5, 0.6) is 0 Å². The fourth-order valence-electron chi connectivity index (χ4n) is 2.92. The Balaban J connectivity index is 1.63. The van der Waals surface area contributed by atoms with Gasteiger partial charge in [0.2, 0.25) is 0 Å². The highest BCUT2D eigenvalue weighted by Gasteiger charge is 2.43. The molecule has 1 N–H and O–H groups in total. The topological polar surface area (TPSA) is 46.0 Å². The van der Waals surface area contributed by atoms with Crippen LogP contribution < -0.4 is 5.32 Å². The van der Waals surface area contributed by atoms with Gasteiger partial charge in [0.1, 0.15) is 0 Å². The molecule has 5 nitrogen and oxygen atoms in total. The lowest BCUT2D eigenvalue weighted by molar-refractivity contribution is 0.120. The van der Waals surface area contributed by atoms with E-state index in [2.05, 4.69) is 27.5 Å². The number of aromatic nitrogens is 3. The van der Waals surface area contributed by atoms with Crippen molar-refractivity contribution in [2.45, 2.75) is 31.8 Å². The highest BCUT2D eigenvalue weighted by atomic mass is 15.4. The van der Waals surface area contributed by atoms with Gasteiger partial charge in [-0.1, -0.05) is 5.21 Å². The Bertz CT molecular complexity index is 397. The molecular formula is C12H21N5. The summed E-state index contributed by atoms with van der Waals surface area (Å²) in [5, 5.41) is 11.9. The van der Waals surface area contributed by atoms with E-state index in [0.29, 0.717) is 5.54 Å². The lowest BCUT2D eigenvalue weighted by Gasteiger charge is -2.41. The fourth-order valence-corrected chi connectivity index (χ4v) is 2.92. The van der Waals surface area contributed by atoms with Crippen molar-refractivity contribution in [2.24, 2.45) is 13.0 Å². The van der Waals surface area contributed by atoms with E-state index in [0.717, 1.165) is 37.8 Å². The molecule has 0 amide bonds. The average molecular weight is 235 g/mol. The summed E-state index contributed by atoms with van der Waals surface area (Å²) in [5.41, 5.74) is 1.40. The number of aryl methyl sites for hydroxylation is 1. The van der Waals surface area contributed by atoms with E-state index in [1.807, 2.05) is 13.2 Å². The molecule has 1 atom stereocenters. The summed E-state index contributed by atoms with van der Waals surface area (Å²) in [4.78, 5) is 2.50. The molecule has 1 aromatic rings. The average Bonchev–Trinajstić information content (AvgIpc) is 3.05. The van der Waals surface area contributed by atoms with Crippen LogP contribution >= 0.6 is 0 Å². The Hall–Kier alpha value is -0.940. The van der Waals surface area contributed by atoms with Gasteiger partial charge in [-0.2, -0.15) is 0 Å². The van der Waals surface area contributed by atoms with Crippen molar-refractivity contribution in [1.29, 1.82) is 0 Å². The molecule has 0 aromatic carbocycles. The first-order valence-electron chi connectivity index (χ1n) is 6.48. The Labute approximate surface area is 102 Å². The van der Waals surface area contributed by atoms with Crippen molar-refractivity contribution in [3.63, 3.8) is 0 Å². The zero-order valence-corrected chi connectivity index (χ0v) is 10.7. The van der Waals surface area contributed by atoms with Crippen LogP contribution in [0.4, 0.5) is 0 Å². The monoisotopic (exact) mass is 235 g/mol. The molecule has 0 spiro atoms. The number of hydrogen-bond acceptors (Lipinski definition) is 4. The first-order chi connectivity index (χ1) is 8.16. The summed E-state index contributed by atoms with van der Waals surface area (Å²) < 4.78 is 1.78. The van der Waals surface area contributed by atoms with Gasteiger partial charge in [0.15, 0.2) is 0 Å². The van der Waals surface area contributed by atoms with Crippen LogP contribution in [0.25, 0.3) is 0 Å². The molecule has 1 aromatic heterocycles. The molecule has 0 radical (unpaired) electrons. The molecule has 5 heteroatoms. The fraction of sp³-hybridized carbons (Fsp3) is 0.833.